The van der Waals surface area contributed by atoms with Gasteiger partial charge in [-0.15, -0.1) is 0 Å². The Balaban J connectivity index is 2.07. The summed E-state index contributed by atoms with van der Waals surface area (Å²) in [6, 6.07) is 1.59. The van der Waals surface area contributed by atoms with Gasteiger partial charge in [-0.3, -0.25) is 0 Å². The molecule has 18 heavy (non-hydrogen) atoms. The molecular formula is C11H15F3N4. The number of anilines is 1. The highest BCUT2D eigenvalue weighted by Gasteiger charge is 2.29. The number of rotatable bonds is 2. The molecule has 1 fully saturated rings. The molecule has 1 aliphatic rings. The first-order valence-electron chi connectivity index (χ1n) is 5.82. The average molecular weight is 260 g/mol. The SMILES string of the molecule is NC1CCN(c2cc(CC(F)(F)F)ncn2)CC1. The van der Waals surface area contributed by atoms with Crippen LogP contribution in [0.4, 0.5) is 19.0 Å². The molecule has 0 atom stereocenters. The molecule has 1 aromatic rings. The topological polar surface area (TPSA) is 55.0 Å². The fourth-order valence-corrected chi connectivity index (χ4v) is 1.99. The van der Waals surface area contributed by atoms with Crippen molar-refractivity contribution in [1.29, 1.82) is 0 Å². The maximum absolute atomic E-state index is 12.3. The molecule has 0 amide bonds. The maximum Gasteiger partial charge on any atom is 0.394 e. The third-order valence-corrected chi connectivity index (χ3v) is 2.95. The summed E-state index contributed by atoms with van der Waals surface area (Å²) in [4.78, 5) is 9.63. The summed E-state index contributed by atoms with van der Waals surface area (Å²) in [7, 11) is 0. The minimum absolute atomic E-state index is 0.00220. The van der Waals surface area contributed by atoms with Gasteiger partial charge in [-0.05, 0) is 12.8 Å². The van der Waals surface area contributed by atoms with Crippen LogP contribution in [0.15, 0.2) is 12.4 Å². The van der Waals surface area contributed by atoms with E-state index in [1.54, 1.807) is 0 Å². The summed E-state index contributed by atoms with van der Waals surface area (Å²) < 4.78 is 36.8. The molecule has 0 radical (unpaired) electrons. The molecule has 4 nitrogen and oxygen atoms in total. The fourth-order valence-electron chi connectivity index (χ4n) is 1.99. The maximum atomic E-state index is 12.3. The summed E-state index contributed by atoms with van der Waals surface area (Å²) in [5.41, 5.74) is 5.78. The molecule has 0 aromatic carbocycles. The van der Waals surface area contributed by atoms with Gasteiger partial charge in [-0.1, -0.05) is 0 Å². The van der Waals surface area contributed by atoms with Gasteiger partial charge in [0.05, 0.1) is 12.1 Å². The summed E-state index contributed by atoms with van der Waals surface area (Å²) in [5, 5.41) is 0. The van der Waals surface area contributed by atoms with Crippen molar-refractivity contribution in [3.8, 4) is 0 Å². The molecule has 1 saturated heterocycles. The zero-order chi connectivity index (χ0) is 13.2. The van der Waals surface area contributed by atoms with E-state index in [1.165, 1.54) is 12.4 Å². The zero-order valence-electron chi connectivity index (χ0n) is 9.82. The van der Waals surface area contributed by atoms with Gasteiger partial charge in [0.2, 0.25) is 0 Å². The van der Waals surface area contributed by atoms with Crippen LogP contribution in [0, 0.1) is 0 Å². The zero-order valence-corrected chi connectivity index (χ0v) is 9.82. The molecular weight excluding hydrogens is 245 g/mol. The number of halogens is 3. The monoisotopic (exact) mass is 260 g/mol. The van der Waals surface area contributed by atoms with E-state index >= 15 is 0 Å². The van der Waals surface area contributed by atoms with Gasteiger partial charge < -0.3 is 10.6 Å². The smallest absolute Gasteiger partial charge is 0.356 e. The second-order valence-corrected chi connectivity index (χ2v) is 4.48. The Kier molecular flexibility index (Phi) is 3.70. The Morgan fingerprint density at radius 3 is 2.56 bits per heavy atom. The van der Waals surface area contributed by atoms with Gasteiger partial charge in [-0.2, -0.15) is 13.2 Å². The Bertz CT molecular complexity index is 400. The molecule has 1 aliphatic heterocycles. The molecule has 0 unspecified atom stereocenters. The van der Waals surface area contributed by atoms with Crippen molar-refractivity contribution in [3.63, 3.8) is 0 Å². The third kappa shape index (κ3) is 3.56. The summed E-state index contributed by atoms with van der Waals surface area (Å²) in [5.74, 6) is 0.552. The first-order valence-corrected chi connectivity index (χ1v) is 5.82. The predicted octanol–water partition coefficient (Wildman–Crippen LogP) is 1.51. The number of nitrogens with zero attached hydrogens (tertiary/aromatic N) is 3. The number of aromatic nitrogens is 2. The predicted molar refractivity (Wildman–Crippen MR) is 61.2 cm³/mol. The highest BCUT2D eigenvalue weighted by atomic mass is 19.4. The van der Waals surface area contributed by atoms with E-state index in [9.17, 15) is 13.2 Å². The van der Waals surface area contributed by atoms with E-state index in [4.69, 9.17) is 5.73 Å². The molecule has 0 saturated carbocycles. The van der Waals surface area contributed by atoms with E-state index in [2.05, 4.69) is 9.97 Å². The average Bonchev–Trinajstić information content (AvgIpc) is 2.28. The van der Waals surface area contributed by atoms with E-state index in [1.807, 2.05) is 4.90 Å². The lowest BCUT2D eigenvalue weighted by atomic mass is 10.1. The van der Waals surface area contributed by atoms with E-state index < -0.39 is 12.6 Å². The normalized spacial score (nSPS) is 18.1. The number of piperidine rings is 1. The minimum atomic E-state index is -4.24. The van der Waals surface area contributed by atoms with Crippen LogP contribution in [0.5, 0.6) is 0 Å². The van der Waals surface area contributed by atoms with Gasteiger partial charge in [0, 0.05) is 25.2 Å². The largest absolute Gasteiger partial charge is 0.394 e. The molecule has 2 rings (SSSR count). The van der Waals surface area contributed by atoms with Gasteiger partial charge in [-0.25, -0.2) is 9.97 Å². The second kappa shape index (κ2) is 5.09. The summed E-state index contributed by atoms with van der Waals surface area (Å²) >= 11 is 0. The van der Waals surface area contributed by atoms with E-state index in [0.717, 1.165) is 25.9 Å². The Labute approximate surface area is 103 Å². The van der Waals surface area contributed by atoms with Crippen LogP contribution in [0.1, 0.15) is 18.5 Å². The lowest BCUT2D eigenvalue weighted by Crippen LogP contribution is -2.40. The number of nitrogens with two attached hydrogens (primary N) is 1. The van der Waals surface area contributed by atoms with Crippen LogP contribution in [0.3, 0.4) is 0 Å². The van der Waals surface area contributed by atoms with Crippen LogP contribution < -0.4 is 10.6 Å². The van der Waals surface area contributed by atoms with Crippen molar-refractivity contribution in [2.75, 3.05) is 18.0 Å². The van der Waals surface area contributed by atoms with Crippen molar-refractivity contribution in [2.45, 2.75) is 31.5 Å². The Morgan fingerprint density at radius 1 is 1.28 bits per heavy atom. The third-order valence-electron chi connectivity index (χ3n) is 2.95. The molecule has 0 bridgehead atoms. The van der Waals surface area contributed by atoms with Gasteiger partial charge in [0.15, 0.2) is 0 Å². The van der Waals surface area contributed by atoms with Gasteiger partial charge in [0.1, 0.15) is 12.1 Å². The van der Waals surface area contributed by atoms with Gasteiger partial charge in [0.25, 0.3) is 0 Å². The van der Waals surface area contributed by atoms with Crippen LogP contribution in [0.2, 0.25) is 0 Å². The lowest BCUT2D eigenvalue weighted by molar-refractivity contribution is -0.127. The van der Waals surface area contributed by atoms with Crippen molar-refractivity contribution in [2.24, 2.45) is 5.73 Å². The van der Waals surface area contributed by atoms with Crippen molar-refractivity contribution in [1.82, 2.24) is 9.97 Å². The Morgan fingerprint density at radius 2 is 1.94 bits per heavy atom. The lowest BCUT2D eigenvalue weighted by Gasteiger charge is -2.31. The molecule has 0 aliphatic carbocycles. The standard InChI is InChI=1S/C11H15F3N4/c12-11(13,14)6-9-5-10(17-7-16-9)18-3-1-8(15)2-4-18/h5,7-8H,1-4,6,15H2. The van der Waals surface area contributed by atoms with Crippen LogP contribution in [-0.4, -0.2) is 35.3 Å². The van der Waals surface area contributed by atoms with Crippen molar-refractivity contribution >= 4 is 5.82 Å². The molecule has 2 N–H and O–H groups in total. The fraction of sp³-hybridized carbons (Fsp3) is 0.636. The quantitative estimate of drug-likeness (QED) is 0.875. The summed E-state index contributed by atoms with van der Waals surface area (Å²) in [6.07, 6.45) is -2.41. The summed E-state index contributed by atoms with van der Waals surface area (Å²) in [6.45, 7) is 1.45. The molecule has 100 valence electrons. The van der Waals surface area contributed by atoms with Crippen LogP contribution in [-0.2, 0) is 6.42 Å². The first kappa shape index (κ1) is 13.1. The number of hydrogen-bond acceptors (Lipinski definition) is 4. The first-order chi connectivity index (χ1) is 8.44. The number of hydrogen-bond donors (Lipinski definition) is 1. The van der Waals surface area contributed by atoms with Crippen molar-refractivity contribution in [3.05, 3.63) is 18.1 Å². The van der Waals surface area contributed by atoms with Crippen LogP contribution in [0.25, 0.3) is 0 Å². The molecule has 2 heterocycles. The van der Waals surface area contributed by atoms with Crippen LogP contribution >= 0.6 is 0 Å². The van der Waals surface area contributed by atoms with Gasteiger partial charge >= 0.3 is 6.18 Å². The van der Waals surface area contributed by atoms with Crippen molar-refractivity contribution < 1.29 is 13.2 Å². The Hall–Kier alpha value is -1.37. The minimum Gasteiger partial charge on any atom is -0.356 e. The van der Waals surface area contributed by atoms with E-state index in [0.29, 0.717) is 5.82 Å². The highest BCUT2D eigenvalue weighted by molar-refractivity contribution is 5.39. The highest BCUT2D eigenvalue weighted by Crippen LogP contribution is 2.22. The molecule has 7 heteroatoms. The number of alkyl halides is 3. The molecule has 0 spiro atoms. The molecule has 1 aromatic heterocycles. The second-order valence-electron chi connectivity index (χ2n) is 4.48. The van der Waals surface area contributed by atoms with E-state index in [-0.39, 0.29) is 11.7 Å².